The summed E-state index contributed by atoms with van der Waals surface area (Å²) in [4.78, 5) is 4.33. The van der Waals surface area contributed by atoms with Gasteiger partial charge in [-0.3, -0.25) is 0 Å². The SMILES string of the molecule is Cc1ccc(-c2ccnc(NCc3ccccc3)c2C#N)cc1. The first-order chi connectivity index (χ1) is 11.3. The first-order valence-corrected chi connectivity index (χ1v) is 7.52. The van der Waals surface area contributed by atoms with E-state index in [0.29, 0.717) is 17.9 Å². The van der Waals surface area contributed by atoms with Gasteiger partial charge in [-0.1, -0.05) is 60.2 Å². The molecular formula is C20H17N3. The van der Waals surface area contributed by atoms with Gasteiger partial charge in [-0.05, 0) is 24.1 Å². The molecule has 0 saturated heterocycles. The van der Waals surface area contributed by atoms with E-state index < -0.39 is 0 Å². The summed E-state index contributed by atoms with van der Waals surface area (Å²) in [6.07, 6.45) is 1.74. The zero-order valence-corrected chi connectivity index (χ0v) is 13.0. The molecule has 3 nitrogen and oxygen atoms in total. The lowest BCUT2D eigenvalue weighted by Crippen LogP contribution is -2.04. The molecule has 0 fully saturated rings. The zero-order valence-electron chi connectivity index (χ0n) is 13.0. The molecule has 3 aromatic rings. The van der Waals surface area contributed by atoms with E-state index >= 15 is 0 Å². The number of hydrogen-bond acceptors (Lipinski definition) is 3. The molecule has 112 valence electrons. The molecule has 0 aliphatic rings. The summed E-state index contributed by atoms with van der Waals surface area (Å²) in [6, 6.07) is 22.4. The van der Waals surface area contributed by atoms with Crippen LogP contribution in [0.25, 0.3) is 11.1 Å². The minimum absolute atomic E-state index is 0.576. The topological polar surface area (TPSA) is 48.7 Å². The molecule has 1 N–H and O–H groups in total. The number of nitrogens with zero attached hydrogens (tertiary/aromatic N) is 2. The van der Waals surface area contributed by atoms with Crippen LogP contribution in [0.4, 0.5) is 5.82 Å². The van der Waals surface area contributed by atoms with Gasteiger partial charge in [0.25, 0.3) is 0 Å². The van der Waals surface area contributed by atoms with Crippen molar-refractivity contribution in [3.8, 4) is 17.2 Å². The maximum Gasteiger partial charge on any atom is 0.144 e. The summed E-state index contributed by atoms with van der Waals surface area (Å²) >= 11 is 0. The summed E-state index contributed by atoms with van der Waals surface area (Å²) in [5, 5.41) is 12.9. The Labute approximate surface area is 136 Å². The Kier molecular flexibility index (Phi) is 4.35. The molecule has 3 heteroatoms. The van der Waals surface area contributed by atoms with Crippen LogP contribution in [0.15, 0.2) is 66.9 Å². The molecule has 0 bridgehead atoms. The van der Waals surface area contributed by atoms with Gasteiger partial charge in [-0.2, -0.15) is 5.26 Å². The third-order valence-electron chi connectivity index (χ3n) is 3.73. The molecule has 0 radical (unpaired) electrons. The summed E-state index contributed by atoms with van der Waals surface area (Å²) in [6.45, 7) is 2.69. The number of rotatable bonds is 4. The van der Waals surface area contributed by atoms with Crippen LogP contribution in [0.1, 0.15) is 16.7 Å². The summed E-state index contributed by atoms with van der Waals surface area (Å²) in [7, 11) is 0. The Bertz CT molecular complexity index is 831. The normalized spacial score (nSPS) is 10.1. The maximum absolute atomic E-state index is 9.58. The fourth-order valence-corrected chi connectivity index (χ4v) is 2.46. The summed E-state index contributed by atoms with van der Waals surface area (Å²) in [5.41, 5.74) is 4.85. The lowest BCUT2D eigenvalue weighted by molar-refractivity contribution is 1.11. The van der Waals surface area contributed by atoms with E-state index in [9.17, 15) is 5.26 Å². The van der Waals surface area contributed by atoms with Crippen LogP contribution in [-0.2, 0) is 6.54 Å². The first-order valence-electron chi connectivity index (χ1n) is 7.52. The molecule has 0 spiro atoms. The molecular weight excluding hydrogens is 282 g/mol. The molecule has 0 aliphatic carbocycles. The number of nitrogens with one attached hydrogen (secondary N) is 1. The second-order valence-electron chi connectivity index (χ2n) is 5.40. The van der Waals surface area contributed by atoms with Gasteiger partial charge in [0, 0.05) is 18.3 Å². The van der Waals surface area contributed by atoms with Crippen LogP contribution >= 0.6 is 0 Å². The zero-order chi connectivity index (χ0) is 16.1. The second-order valence-corrected chi connectivity index (χ2v) is 5.40. The fraction of sp³-hybridized carbons (Fsp3) is 0.100. The Hall–Kier alpha value is -3.12. The summed E-state index contributed by atoms with van der Waals surface area (Å²) < 4.78 is 0. The van der Waals surface area contributed by atoms with E-state index in [-0.39, 0.29) is 0 Å². The molecule has 1 aromatic heterocycles. The standard InChI is InChI=1S/C20H17N3/c1-15-7-9-17(10-8-15)18-11-12-22-20(19(18)13-21)23-14-16-5-3-2-4-6-16/h2-12H,14H2,1H3,(H,22,23). The molecule has 0 saturated carbocycles. The largest absolute Gasteiger partial charge is 0.365 e. The van der Waals surface area contributed by atoms with Crippen molar-refractivity contribution < 1.29 is 0 Å². The highest BCUT2D eigenvalue weighted by Crippen LogP contribution is 2.27. The van der Waals surface area contributed by atoms with Crippen molar-refractivity contribution in [3.05, 3.63) is 83.6 Å². The molecule has 23 heavy (non-hydrogen) atoms. The third kappa shape index (κ3) is 3.38. The van der Waals surface area contributed by atoms with Crippen molar-refractivity contribution >= 4 is 5.82 Å². The van der Waals surface area contributed by atoms with E-state index in [1.807, 2.05) is 67.6 Å². The Morgan fingerprint density at radius 1 is 1.00 bits per heavy atom. The van der Waals surface area contributed by atoms with E-state index in [1.54, 1.807) is 6.20 Å². The number of aromatic nitrogens is 1. The van der Waals surface area contributed by atoms with Crippen LogP contribution in [0, 0.1) is 18.3 Å². The Morgan fingerprint density at radius 2 is 1.74 bits per heavy atom. The number of benzene rings is 2. The lowest BCUT2D eigenvalue weighted by Gasteiger charge is -2.11. The highest BCUT2D eigenvalue weighted by Gasteiger charge is 2.11. The fourth-order valence-electron chi connectivity index (χ4n) is 2.46. The van der Waals surface area contributed by atoms with Crippen LogP contribution in [0.3, 0.4) is 0 Å². The molecule has 1 heterocycles. The first kappa shape index (κ1) is 14.8. The molecule has 2 aromatic carbocycles. The van der Waals surface area contributed by atoms with Gasteiger partial charge in [0.1, 0.15) is 17.5 Å². The van der Waals surface area contributed by atoms with Gasteiger partial charge in [0.05, 0.1) is 0 Å². The smallest absolute Gasteiger partial charge is 0.144 e. The molecule has 3 rings (SSSR count). The minimum atomic E-state index is 0.576. The predicted octanol–water partition coefficient (Wildman–Crippen LogP) is 4.54. The van der Waals surface area contributed by atoms with Crippen LogP contribution < -0.4 is 5.32 Å². The highest BCUT2D eigenvalue weighted by molar-refractivity contribution is 5.75. The number of pyridine rings is 1. The van der Waals surface area contributed by atoms with Crippen molar-refractivity contribution in [2.45, 2.75) is 13.5 Å². The lowest BCUT2D eigenvalue weighted by atomic mass is 10.0. The van der Waals surface area contributed by atoms with Gasteiger partial charge >= 0.3 is 0 Å². The van der Waals surface area contributed by atoms with Gasteiger partial charge < -0.3 is 5.32 Å². The monoisotopic (exact) mass is 299 g/mol. The van der Waals surface area contributed by atoms with Gasteiger partial charge in [0.15, 0.2) is 0 Å². The second kappa shape index (κ2) is 6.76. The van der Waals surface area contributed by atoms with E-state index in [4.69, 9.17) is 0 Å². The van der Waals surface area contributed by atoms with Crippen molar-refractivity contribution in [2.24, 2.45) is 0 Å². The Balaban J connectivity index is 1.91. The number of anilines is 1. The maximum atomic E-state index is 9.58. The molecule has 0 atom stereocenters. The molecule has 0 amide bonds. The number of nitriles is 1. The van der Waals surface area contributed by atoms with E-state index in [1.165, 1.54) is 5.56 Å². The molecule has 0 aliphatic heterocycles. The van der Waals surface area contributed by atoms with Gasteiger partial charge in [0.2, 0.25) is 0 Å². The number of hydrogen-bond donors (Lipinski definition) is 1. The Morgan fingerprint density at radius 3 is 2.43 bits per heavy atom. The van der Waals surface area contributed by atoms with Crippen molar-refractivity contribution in [1.82, 2.24) is 4.98 Å². The quantitative estimate of drug-likeness (QED) is 0.769. The van der Waals surface area contributed by atoms with Crippen LogP contribution in [-0.4, -0.2) is 4.98 Å². The van der Waals surface area contributed by atoms with Crippen molar-refractivity contribution in [1.29, 1.82) is 5.26 Å². The van der Waals surface area contributed by atoms with E-state index in [0.717, 1.165) is 16.7 Å². The predicted molar refractivity (Wildman–Crippen MR) is 92.9 cm³/mol. The van der Waals surface area contributed by atoms with Crippen molar-refractivity contribution in [3.63, 3.8) is 0 Å². The van der Waals surface area contributed by atoms with Gasteiger partial charge in [-0.25, -0.2) is 4.98 Å². The third-order valence-corrected chi connectivity index (χ3v) is 3.73. The average molecular weight is 299 g/mol. The van der Waals surface area contributed by atoms with Gasteiger partial charge in [-0.15, -0.1) is 0 Å². The average Bonchev–Trinajstić information content (AvgIpc) is 2.61. The summed E-state index contributed by atoms with van der Waals surface area (Å²) in [5.74, 6) is 0.620. The number of aryl methyl sites for hydroxylation is 1. The van der Waals surface area contributed by atoms with Crippen LogP contribution in [0.2, 0.25) is 0 Å². The van der Waals surface area contributed by atoms with E-state index in [2.05, 4.69) is 16.4 Å². The molecule has 0 unspecified atom stereocenters. The highest BCUT2D eigenvalue weighted by atomic mass is 15.0. The van der Waals surface area contributed by atoms with Crippen LogP contribution in [0.5, 0.6) is 0 Å². The minimum Gasteiger partial charge on any atom is -0.365 e. The van der Waals surface area contributed by atoms with Crippen molar-refractivity contribution in [2.75, 3.05) is 5.32 Å².